The van der Waals surface area contributed by atoms with Crippen molar-refractivity contribution in [3.63, 3.8) is 0 Å². The van der Waals surface area contributed by atoms with Crippen molar-refractivity contribution in [2.45, 2.75) is 23.4 Å². The fourth-order valence-corrected chi connectivity index (χ4v) is 3.72. The standard InChI is InChI=1S/C14H17N3O2S2/c1-4-15-13-16-17-14(21-13)20-9(2)12(18)10-5-7-11(19-3)8-6-10/h5-9H,4H2,1-3H3,(H,15,16)/t9-/m1/s1. The predicted octanol–water partition coefficient (Wildman–Crippen LogP) is 3.34. The summed E-state index contributed by atoms with van der Waals surface area (Å²) in [6.45, 7) is 4.69. The molecular weight excluding hydrogens is 306 g/mol. The third-order valence-electron chi connectivity index (χ3n) is 2.76. The molecule has 1 aromatic heterocycles. The summed E-state index contributed by atoms with van der Waals surface area (Å²) in [5.41, 5.74) is 0.673. The molecule has 112 valence electrons. The van der Waals surface area contributed by atoms with Gasteiger partial charge in [0.15, 0.2) is 10.1 Å². The van der Waals surface area contributed by atoms with Crippen molar-refractivity contribution in [2.75, 3.05) is 19.0 Å². The van der Waals surface area contributed by atoms with E-state index in [4.69, 9.17) is 4.74 Å². The minimum absolute atomic E-state index is 0.0721. The Morgan fingerprint density at radius 2 is 2.10 bits per heavy atom. The highest BCUT2D eigenvalue weighted by atomic mass is 32.2. The fraction of sp³-hybridized carbons (Fsp3) is 0.357. The van der Waals surface area contributed by atoms with Gasteiger partial charge in [-0.05, 0) is 38.1 Å². The number of methoxy groups -OCH3 is 1. The number of hydrogen-bond acceptors (Lipinski definition) is 7. The quantitative estimate of drug-likeness (QED) is 0.623. The number of anilines is 1. The van der Waals surface area contributed by atoms with E-state index in [0.717, 1.165) is 21.8 Å². The minimum Gasteiger partial charge on any atom is -0.497 e. The molecule has 7 heteroatoms. The highest BCUT2D eigenvalue weighted by Crippen LogP contribution is 2.30. The van der Waals surface area contributed by atoms with E-state index in [1.165, 1.54) is 23.1 Å². The Balaban J connectivity index is 2.00. The Morgan fingerprint density at radius 3 is 2.71 bits per heavy atom. The lowest BCUT2D eigenvalue weighted by Crippen LogP contribution is -2.13. The van der Waals surface area contributed by atoms with Gasteiger partial charge >= 0.3 is 0 Å². The molecule has 2 aromatic rings. The summed E-state index contributed by atoms with van der Waals surface area (Å²) in [7, 11) is 1.60. The second-order valence-electron chi connectivity index (χ2n) is 4.26. The Morgan fingerprint density at radius 1 is 1.38 bits per heavy atom. The molecule has 1 aromatic carbocycles. The summed E-state index contributed by atoms with van der Waals surface area (Å²) in [4.78, 5) is 12.4. The van der Waals surface area contributed by atoms with Crippen molar-refractivity contribution in [1.29, 1.82) is 0 Å². The number of thioether (sulfide) groups is 1. The van der Waals surface area contributed by atoms with E-state index < -0.39 is 0 Å². The largest absolute Gasteiger partial charge is 0.497 e. The Hall–Kier alpha value is -1.60. The monoisotopic (exact) mass is 323 g/mol. The van der Waals surface area contributed by atoms with Gasteiger partial charge < -0.3 is 10.1 Å². The Kier molecular flexibility index (Phi) is 5.58. The summed E-state index contributed by atoms with van der Waals surface area (Å²) < 4.78 is 5.88. The fourth-order valence-electron chi connectivity index (χ4n) is 1.67. The van der Waals surface area contributed by atoms with Gasteiger partial charge in [-0.1, -0.05) is 23.1 Å². The first kappa shape index (κ1) is 15.8. The Labute approximate surface area is 132 Å². The third kappa shape index (κ3) is 4.18. The van der Waals surface area contributed by atoms with Crippen molar-refractivity contribution in [3.8, 4) is 5.75 Å². The van der Waals surface area contributed by atoms with Gasteiger partial charge in [0.2, 0.25) is 5.13 Å². The highest BCUT2D eigenvalue weighted by molar-refractivity contribution is 8.02. The average Bonchev–Trinajstić information content (AvgIpc) is 2.94. The Bertz CT molecular complexity index is 599. The number of benzene rings is 1. The molecular formula is C14H17N3O2S2. The number of nitrogens with one attached hydrogen (secondary N) is 1. The summed E-state index contributed by atoms with van der Waals surface area (Å²) >= 11 is 2.89. The zero-order valence-electron chi connectivity index (χ0n) is 12.1. The van der Waals surface area contributed by atoms with E-state index in [2.05, 4.69) is 15.5 Å². The average molecular weight is 323 g/mol. The molecule has 0 aliphatic carbocycles. The van der Waals surface area contributed by atoms with Gasteiger partial charge in [-0.15, -0.1) is 10.2 Å². The molecule has 0 bridgehead atoms. The molecule has 0 aliphatic heterocycles. The van der Waals surface area contributed by atoms with E-state index in [1.54, 1.807) is 31.4 Å². The van der Waals surface area contributed by atoms with Gasteiger partial charge in [0, 0.05) is 12.1 Å². The molecule has 0 spiro atoms. The van der Waals surface area contributed by atoms with E-state index in [1.807, 2.05) is 13.8 Å². The van der Waals surface area contributed by atoms with E-state index in [9.17, 15) is 4.79 Å². The van der Waals surface area contributed by atoms with Gasteiger partial charge in [0.1, 0.15) is 5.75 Å². The maximum absolute atomic E-state index is 12.4. The molecule has 0 amide bonds. The van der Waals surface area contributed by atoms with Crippen LogP contribution in [-0.4, -0.2) is 34.9 Å². The normalized spacial score (nSPS) is 12.0. The number of rotatable bonds is 7. The van der Waals surface area contributed by atoms with Crippen molar-refractivity contribution < 1.29 is 9.53 Å². The van der Waals surface area contributed by atoms with Crippen LogP contribution >= 0.6 is 23.1 Å². The molecule has 0 saturated carbocycles. The molecule has 0 unspecified atom stereocenters. The van der Waals surface area contributed by atoms with Crippen LogP contribution in [0.15, 0.2) is 28.6 Å². The maximum Gasteiger partial charge on any atom is 0.206 e. The lowest BCUT2D eigenvalue weighted by atomic mass is 10.1. The topological polar surface area (TPSA) is 64.1 Å². The number of ether oxygens (including phenoxy) is 1. The second-order valence-corrected chi connectivity index (χ2v) is 6.82. The number of nitrogens with zero attached hydrogens (tertiary/aromatic N) is 2. The summed E-state index contributed by atoms with van der Waals surface area (Å²) in [6, 6.07) is 7.14. The summed E-state index contributed by atoms with van der Waals surface area (Å²) in [6.07, 6.45) is 0. The summed E-state index contributed by atoms with van der Waals surface area (Å²) in [5.74, 6) is 0.814. The van der Waals surface area contributed by atoms with E-state index in [-0.39, 0.29) is 11.0 Å². The van der Waals surface area contributed by atoms with Crippen LogP contribution in [0.25, 0.3) is 0 Å². The molecule has 0 radical (unpaired) electrons. The van der Waals surface area contributed by atoms with Crippen LogP contribution in [0.1, 0.15) is 24.2 Å². The number of carbonyl (C=O) groups is 1. The van der Waals surface area contributed by atoms with Crippen molar-refractivity contribution in [1.82, 2.24) is 10.2 Å². The van der Waals surface area contributed by atoms with Crippen molar-refractivity contribution in [2.24, 2.45) is 0 Å². The van der Waals surface area contributed by atoms with Crippen molar-refractivity contribution in [3.05, 3.63) is 29.8 Å². The van der Waals surface area contributed by atoms with Crippen LogP contribution in [0.2, 0.25) is 0 Å². The van der Waals surface area contributed by atoms with Crippen molar-refractivity contribution >= 4 is 34.0 Å². The smallest absolute Gasteiger partial charge is 0.206 e. The highest BCUT2D eigenvalue weighted by Gasteiger charge is 2.18. The van der Waals surface area contributed by atoms with Gasteiger partial charge in [0.25, 0.3) is 0 Å². The molecule has 21 heavy (non-hydrogen) atoms. The number of ketones is 1. The number of carbonyl (C=O) groups excluding carboxylic acids is 1. The third-order valence-corrected chi connectivity index (χ3v) is 4.82. The SMILES string of the molecule is CCNc1nnc(S[C@H](C)C(=O)c2ccc(OC)cc2)s1. The number of Topliss-reactive ketones (excluding diaryl/α,β-unsaturated/α-hetero) is 1. The predicted molar refractivity (Wildman–Crippen MR) is 86.7 cm³/mol. The minimum atomic E-state index is -0.208. The molecule has 1 atom stereocenters. The molecule has 0 fully saturated rings. The molecule has 0 saturated heterocycles. The second kappa shape index (κ2) is 7.42. The van der Waals surface area contributed by atoms with Crippen LogP contribution in [0, 0.1) is 0 Å². The molecule has 1 N–H and O–H groups in total. The summed E-state index contributed by atoms with van der Waals surface area (Å²) in [5, 5.41) is 11.8. The van der Waals surface area contributed by atoms with Gasteiger partial charge in [0.05, 0.1) is 12.4 Å². The van der Waals surface area contributed by atoms with Crippen LogP contribution in [0.5, 0.6) is 5.75 Å². The number of hydrogen-bond donors (Lipinski definition) is 1. The lowest BCUT2D eigenvalue weighted by Gasteiger charge is -2.08. The molecule has 5 nitrogen and oxygen atoms in total. The van der Waals surface area contributed by atoms with E-state index >= 15 is 0 Å². The first-order valence-corrected chi connectivity index (χ1v) is 8.26. The van der Waals surface area contributed by atoms with Gasteiger partial charge in [-0.2, -0.15) is 0 Å². The first-order chi connectivity index (χ1) is 10.1. The molecule has 1 heterocycles. The van der Waals surface area contributed by atoms with E-state index in [0.29, 0.717) is 5.56 Å². The molecule has 0 aliphatic rings. The van der Waals surface area contributed by atoms with Gasteiger partial charge in [-0.3, -0.25) is 4.79 Å². The maximum atomic E-state index is 12.4. The zero-order chi connectivity index (χ0) is 15.2. The van der Waals surface area contributed by atoms with Crippen LogP contribution in [0.3, 0.4) is 0 Å². The first-order valence-electron chi connectivity index (χ1n) is 6.56. The molecule has 2 rings (SSSR count). The van der Waals surface area contributed by atoms with Gasteiger partial charge in [-0.25, -0.2) is 0 Å². The van der Waals surface area contributed by atoms with Crippen LogP contribution in [0.4, 0.5) is 5.13 Å². The lowest BCUT2D eigenvalue weighted by molar-refractivity contribution is 0.0994. The van der Waals surface area contributed by atoms with Crippen LogP contribution < -0.4 is 10.1 Å². The zero-order valence-corrected chi connectivity index (χ0v) is 13.8. The number of aromatic nitrogens is 2. The van der Waals surface area contributed by atoms with Crippen LogP contribution in [-0.2, 0) is 0 Å².